The van der Waals surface area contributed by atoms with Crippen LogP contribution in [0.25, 0.3) is 44.4 Å². The maximum atomic E-state index is 6.54. The summed E-state index contributed by atoms with van der Waals surface area (Å²) in [7, 11) is 0. The van der Waals surface area contributed by atoms with Crippen LogP contribution in [0.1, 0.15) is 24.1 Å². The highest BCUT2D eigenvalue weighted by Gasteiger charge is 2.27. The summed E-state index contributed by atoms with van der Waals surface area (Å²) in [6, 6.07) is 34.8. The molecule has 1 unspecified atom stereocenters. The number of allylic oxidation sites excluding steroid dienone is 6. The first kappa shape index (κ1) is 23.1. The number of benzene rings is 4. The third-order valence-electron chi connectivity index (χ3n) is 7.87. The van der Waals surface area contributed by atoms with E-state index in [2.05, 4.69) is 126 Å². The average molecular weight is 510 g/mol. The average Bonchev–Trinajstić information content (AvgIpc) is 3.32. The second kappa shape index (κ2) is 9.67. The topological polar surface area (TPSA) is 4.93 Å². The van der Waals surface area contributed by atoms with Crippen LogP contribution in [0.4, 0.5) is 0 Å². The number of halogens is 1. The van der Waals surface area contributed by atoms with Gasteiger partial charge in [-0.15, -0.1) is 0 Å². The number of fused-ring (bicyclic) bond motifs is 3. The zero-order chi connectivity index (χ0) is 25.5. The van der Waals surface area contributed by atoms with Gasteiger partial charge in [0.1, 0.15) is 0 Å². The Kier molecular flexibility index (Phi) is 5.87. The second-order valence-corrected chi connectivity index (χ2v) is 10.6. The molecule has 0 bridgehead atoms. The van der Waals surface area contributed by atoms with E-state index in [-0.39, 0.29) is 0 Å². The van der Waals surface area contributed by atoms with E-state index in [1.165, 1.54) is 55.7 Å². The van der Waals surface area contributed by atoms with Crippen LogP contribution in [0.3, 0.4) is 0 Å². The number of aromatic nitrogens is 1. The largest absolute Gasteiger partial charge is 0.313 e. The number of hydrogen-bond donors (Lipinski definition) is 0. The van der Waals surface area contributed by atoms with Gasteiger partial charge in [0.15, 0.2) is 0 Å². The van der Waals surface area contributed by atoms with Crippen LogP contribution < -0.4 is 0 Å². The van der Waals surface area contributed by atoms with E-state index in [1.54, 1.807) is 0 Å². The molecule has 1 atom stereocenters. The van der Waals surface area contributed by atoms with Crippen LogP contribution in [0.2, 0.25) is 5.02 Å². The van der Waals surface area contributed by atoms with Gasteiger partial charge in [-0.05, 0) is 83.5 Å². The van der Waals surface area contributed by atoms with Crippen LogP contribution in [0, 0.1) is 5.92 Å². The molecular weight excluding hydrogens is 482 g/mol. The zero-order valence-corrected chi connectivity index (χ0v) is 21.9. The van der Waals surface area contributed by atoms with Crippen LogP contribution in [0.15, 0.2) is 127 Å². The van der Waals surface area contributed by atoms with E-state index in [0.717, 1.165) is 24.3 Å². The van der Waals surface area contributed by atoms with E-state index < -0.39 is 0 Å². The Morgan fingerprint density at radius 2 is 1.47 bits per heavy atom. The highest BCUT2D eigenvalue weighted by Crippen LogP contribution is 2.43. The minimum Gasteiger partial charge on any atom is -0.313 e. The van der Waals surface area contributed by atoms with Crippen molar-refractivity contribution in [1.29, 1.82) is 0 Å². The van der Waals surface area contributed by atoms with Crippen molar-refractivity contribution in [2.24, 2.45) is 5.92 Å². The molecule has 0 saturated carbocycles. The normalized spacial score (nSPS) is 16.4. The van der Waals surface area contributed by atoms with Crippen molar-refractivity contribution in [2.75, 3.05) is 0 Å². The van der Waals surface area contributed by atoms with Crippen molar-refractivity contribution < 1.29 is 0 Å². The number of nitrogens with zero attached hydrogens (tertiary/aromatic N) is 1. The van der Waals surface area contributed by atoms with Gasteiger partial charge in [0, 0.05) is 33.3 Å². The standard InChI is InChI=1S/C36H28ClN/c37-30-19-22-34-33(24-30)36-32(27-11-5-2-6-12-27)15-8-16-35(36)38(34)31-20-17-26(18-21-31)29-14-7-13-28(23-29)25-9-3-1-4-10-25/h1-7,9-11,13-15,17-24,27H,8,12,16H2. The third kappa shape index (κ3) is 4.04. The molecule has 1 heterocycles. The molecule has 2 heteroatoms. The second-order valence-electron chi connectivity index (χ2n) is 10.2. The lowest BCUT2D eigenvalue weighted by Crippen LogP contribution is -2.10. The SMILES string of the molecule is Clc1ccc2c(c1)c1c(n2-c2ccc(-c3cccc(-c4ccccc4)c3)cc2)CCC=C1C1C=CC=CC1. The number of hydrogen-bond acceptors (Lipinski definition) is 0. The monoisotopic (exact) mass is 509 g/mol. The van der Waals surface area contributed by atoms with E-state index in [9.17, 15) is 0 Å². The maximum absolute atomic E-state index is 6.54. The van der Waals surface area contributed by atoms with Crippen LogP contribution in [-0.2, 0) is 6.42 Å². The van der Waals surface area contributed by atoms with Gasteiger partial charge in [-0.3, -0.25) is 0 Å². The molecule has 184 valence electrons. The van der Waals surface area contributed by atoms with Crippen molar-refractivity contribution in [1.82, 2.24) is 4.57 Å². The highest BCUT2D eigenvalue weighted by atomic mass is 35.5. The predicted molar refractivity (Wildman–Crippen MR) is 162 cm³/mol. The molecule has 5 aromatic rings. The van der Waals surface area contributed by atoms with Crippen molar-refractivity contribution >= 4 is 28.1 Å². The van der Waals surface area contributed by atoms with Crippen molar-refractivity contribution in [2.45, 2.75) is 19.3 Å². The molecule has 0 saturated heterocycles. The van der Waals surface area contributed by atoms with Crippen molar-refractivity contribution in [3.05, 3.63) is 144 Å². The first-order valence-corrected chi connectivity index (χ1v) is 13.8. The Bertz CT molecular complexity index is 1730. The summed E-state index contributed by atoms with van der Waals surface area (Å²) in [5.74, 6) is 0.413. The Hall–Kier alpha value is -4.07. The van der Waals surface area contributed by atoms with Crippen LogP contribution in [-0.4, -0.2) is 4.57 Å². The fourth-order valence-corrected chi connectivity index (χ4v) is 6.27. The van der Waals surface area contributed by atoms with E-state index >= 15 is 0 Å². The lowest BCUT2D eigenvalue weighted by atomic mass is 9.82. The summed E-state index contributed by atoms with van der Waals surface area (Å²) in [6.45, 7) is 0. The van der Waals surface area contributed by atoms with Gasteiger partial charge in [-0.25, -0.2) is 0 Å². The third-order valence-corrected chi connectivity index (χ3v) is 8.11. The molecule has 0 aliphatic heterocycles. The van der Waals surface area contributed by atoms with Gasteiger partial charge in [0.2, 0.25) is 0 Å². The zero-order valence-electron chi connectivity index (χ0n) is 21.1. The molecular formula is C36H28ClN. The van der Waals surface area contributed by atoms with Gasteiger partial charge in [0.05, 0.1) is 5.52 Å². The molecule has 2 aliphatic carbocycles. The van der Waals surface area contributed by atoms with Gasteiger partial charge in [-0.2, -0.15) is 0 Å². The van der Waals surface area contributed by atoms with Gasteiger partial charge in [-0.1, -0.05) is 103 Å². The summed E-state index contributed by atoms with van der Waals surface area (Å²) in [5.41, 5.74) is 11.5. The Labute approximate surface area is 229 Å². The minimum absolute atomic E-state index is 0.413. The molecule has 7 rings (SSSR count). The van der Waals surface area contributed by atoms with E-state index in [1.807, 2.05) is 6.07 Å². The summed E-state index contributed by atoms with van der Waals surface area (Å²) < 4.78 is 2.46. The first-order chi connectivity index (χ1) is 18.8. The lowest BCUT2D eigenvalue weighted by molar-refractivity contribution is 0.808. The molecule has 0 fully saturated rings. The summed E-state index contributed by atoms with van der Waals surface area (Å²) in [5, 5.41) is 2.04. The smallest absolute Gasteiger partial charge is 0.0538 e. The Morgan fingerprint density at radius 1 is 0.711 bits per heavy atom. The van der Waals surface area contributed by atoms with Crippen LogP contribution >= 0.6 is 11.6 Å². The lowest BCUT2D eigenvalue weighted by Gasteiger charge is -2.23. The fourth-order valence-electron chi connectivity index (χ4n) is 6.10. The van der Waals surface area contributed by atoms with Crippen LogP contribution in [0.5, 0.6) is 0 Å². The molecule has 1 nitrogen and oxygen atoms in total. The molecule has 1 aromatic heterocycles. The van der Waals surface area contributed by atoms with Crippen molar-refractivity contribution in [3.8, 4) is 27.9 Å². The molecule has 38 heavy (non-hydrogen) atoms. The van der Waals surface area contributed by atoms with E-state index in [4.69, 9.17) is 11.6 Å². The van der Waals surface area contributed by atoms with Gasteiger partial charge in [0.25, 0.3) is 0 Å². The number of rotatable bonds is 4. The molecule has 0 spiro atoms. The highest BCUT2D eigenvalue weighted by molar-refractivity contribution is 6.31. The predicted octanol–water partition coefficient (Wildman–Crippen LogP) is 10.1. The molecule has 0 radical (unpaired) electrons. The summed E-state index contributed by atoms with van der Waals surface area (Å²) in [4.78, 5) is 0. The quantitative estimate of drug-likeness (QED) is 0.227. The Balaban J connectivity index is 1.31. The maximum Gasteiger partial charge on any atom is 0.0538 e. The molecule has 0 amide bonds. The van der Waals surface area contributed by atoms with Gasteiger partial charge < -0.3 is 4.57 Å². The summed E-state index contributed by atoms with van der Waals surface area (Å²) in [6.07, 6.45) is 14.5. The fraction of sp³-hybridized carbons (Fsp3) is 0.111. The minimum atomic E-state index is 0.413. The molecule has 2 aliphatic rings. The van der Waals surface area contributed by atoms with E-state index in [0.29, 0.717) is 5.92 Å². The molecule has 4 aromatic carbocycles. The Morgan fingerprint density at radius 3 is 2.24 bits per heavy atom. The van der Waals surface area contributed by atoms with Gasteiger partial charge >= 0.3 is 0 Å². The summed E-state index contributed by atoms with van der Waals surface area (Å²) >= 11 is 6.54. The molecule has 0 N–H and O–H groups in total. The first-order valence-electron chi connectivity index (χ1n) is 13.4. The van der Waals surface area contributed by atoms with Crippen molar-refractivity contribution in [3.63, 3.8) is 0 Å².